The van der Waals surface area contributed by atoms with E-state index in [1.165, 1.54) is 0 Å². The number of halogens is 3. The Labute approximate surface area is 130 Å². The summed E-state index contributed by atoms with van der Waals surface area (Å²) in [4.78, 5) is 8.66. The monoisotopic (exact) mass is 357 g/mol. The third kappa shape index (κ3) is 2.65. The van der Waals surface area contributed by atoms with Gasteiger partial charge in [0.1, 0.15) is 11.6 Å². The first kappa shape index (κ1) is 15.2. The van der Waals surface area contributed by atoms with Crippen molar-refractivity contribution < 1.29 is 4.39 Å². The van der Waals surface area contributed by atoms with Gasteiger partial charge in [-0.05, 0) is 35.0 Å². The van der Waals surface area contributed by atoms with Crippen molar-refractivity contribution in [3.8, 4) is 11.3 Å². The van der Waals surface area contributed by atoms with E-state index in [1.807, 2.05) is 13.8 Å². The number of nitrogens with two attached hydrogens (primary N) is 1. The fraction of sp³-hybridized carbons (Fsp3) is 0.286. The number of hydrogen-bond acceptors (Lipinski definition) is 3. The summed E-state index contributed by atoms with van der Waals surface area (Å²) in [7, 11) is 0. The summed E-state index contributed by atoms with van der Waals surface area (Å²) in [5.41, 5.74) is 7.35. The van der Waals surface area contributed by atoms with Crippen LogP contribution in [0.1, 0.15) is 31.2 Å². The fourth-order valence-electron chi connectivity index (χ4n) is 1.78. The minimum atomic E-state index is -0.517. The van der Waals surface area contributed by atoms with Crippen LogP contribution >= 0.6 is 27.5 Å². The molecule has 1 aromatic heterocycles. The molecule has 1 heterocycles. The Hall–Kier alpha value is -1.20. The second-order valence-corrected chi connectivity index (χ2v) is 6.05. The highest BCUT2D eigenvalue weighted by molar-refractivity contribution is 9.10. The van der Waals surface area contributed by atoms with E-state index in [9.17, 15) is 4.39 Å². The van der Waals surface area contributed by atoms with Gasteiger partial charge in [-0.25, -0.2) is 14.4 Å². The van der Waals surface area contributed by atoms with Crippen molar-refractivity contribution >= 4 is 33.3 Å². The second kappa shape index (κ2) is 5.66. The molecular formula is C14H14BrClFN3. The quantitative estimate of drug-likeness (QED) is 0.791. The van der Waals surface area contributed by atoms with E-state index in [-0.39, 0.29) is 10.9 Å². The fourth-order valence-corrected chi connectivity index (χ4v) is 2.25. The first-order valence-electron chi connectivity index (χ1n) is 6.10. The van der Waals surface area contributed by atoms with Gasteiger partial charge >= 0.3 is 0 Å². The van der Waals surface area contributed by atoms with Gasteiger partial charge in [-0.3, -0.25) is 0 Å². The number of rotatable bonds is 2. The van der Waals surface area contributed by atoms with Crippen LogP contribution in [0.25, 0.3) is 11.3 Å². The molecule has 0 spiro atoms. The maximum atomic E-state index is 14.3. The predicted octanol–water partition coefficient (Wildman–Crippen LogP) is 4.71. The van der Waals surface area contributed by atoms with E-state index in [2.05, 4.69) is 25.9 Å². The summed E-state index contributed by atoms with van der Waals surface area (Å²) in [6.45, 7) is 5.68. The van der Waals surface area contributed by atoms with Crippen LogP contribution in [0.4, 0.5) is 10.2 Å². The summed E-state index contributed by atoms with van der Waals surface area (Å²) in [5.74, 6) is 0.529. The summed E-state index contributed by atoms with van der Waals surface area (Å²) in [5, 5.41) is 0.0326. The highest BCUT2D eigenvalue weighted by atomic mass is 79.9. The maximum absolute atomic E-state index is 14.3. The highest BCUT2D eigenvalue weighted by Gasteiger charge is 2.18. The second-order valence-electron chi connectivity index (χ2n) is 4.82. The molecule has 2 N–H and O–H groups in total. The lowest BCUT2D eigenvalue weighted by Gasteiger charge is -2.13. The van der Waals surface area contributed by atoms with Gasteiger partial charge in [-0.1, -0.05) is 25.4 Å². The molecule has 0 atom stereocenters. The topological polar surface area (TPSA) is 51.8 Å². The lowest BCUT2D eigenvalue weighted by Crippen LogP contribution is -2.07. The van der Waals surface area contributed by atoms with Crippen LogP contribution in [0.3, 0.4) is 0 Å². The zero-order chi connectivity index (χ0) is 15.0. The maximum Gasteiger partial charge on any atom is 0.152 e. The molecule has 6 heteroatoms. The molecule has 106 valence electrons. The van der Waals surface area contributed by atoms with Crippen LogP contribution in [-0.4, -0.2) is 9.97 Å². The third-order valence-electron chi connectivity index (χ3n) is 3.01. The van der Waals surface area contributed by atoms with Gasteiger partial charge in [-0.15, -0.1) is 0 Å². The molecule has 2 rings (SSSR count). The van der Waals surface area contributed by atoms with Crippen LogP contribution in [0.5, 0.6) is 0 Å². The van der Waals surface area contributed by atoms with E-state index in [0.717, 1.165) is 0 Å². The van der Waals surface area contributed by atoms with Crippen molar-refractivity contribution in [1.82, 2.24) is 9.97 Å². The Bertz CT molecular complexity index is 674. The van der Waals surface area contributed by atoms with Gasteiger partial charge in [0.25, 0.3) is 0 Å². The Morgan fingerprint density at radius 3 is 2.55 bits per heavy atom. The molecule has 0 saturated heterocycles. The summed E-state index contributed by atoms with van der Waals surface area (Å²) in [6, 6.07) is 3.32. The van der Waals surface area contributed by atoms with Crippen LogP contribution in [0.2, 0.25) is 5.02 Å². The minimum Gasteiger partial charge on any atom is -0.383 e. The van der Waals surface area contributed by atoms with E-state index in [4.69, 9.17) is 17.3 Å². The minimum absolute atomic E-state index is 0.0326. The summed E-state index contributed by atoms with van der Waals surface area (Å²) >= 11 is 9.12. The predicted molar refractivity (Wildman–Crippen MR) is 83.4 cm³/mol. The van der Waals surface area contributed by atoms with Gasteiger partial charge in [0.15, 0.2) is 5.82 Å². The first-order chi connectivity index (χ1) is 9.32. The molecule has 0 amide bonds. The normalized spacial score (nSPS) is 11.2. The Morgan fingerprint density at radius 2 is 1.95 bits per heavy atom. The van der Waals surface area contributed by atoms with E-state index in [1.54, 1.807) is 19.1 Å². The summed E-state index contributed by atoms with van der Waals surface area (Å²) < 4.78 is 14.8. The van der Waals surface area contributed by atoms with Crippen molar-refractivity contribution in [1.29, 1.82) is 0 Å². The van der Waals surface area contributed by atoms with Crippen LogP contribution in [0.15, 0.2) is 16.6 Å². The van der Waals surface area contributed by atoms with E-state index < -0.39 is 5.82 Å². The lowest BCUT2D eigenvalue weighted by atomic mass is 10.1. The molecule has 2 aromatic rings. The van der Waals surface area contributed by atoms with Crippen LogP contribution in [-0.2, 0) is 0 Å². The van der Waals surface area contributed by atoms with Gasteiger partial charge in [0.05, 0.1) is 10.7 Å². The molecular weight excluding hydrogens is 345 g/mol. The van der Waals surface area contributed by atoms with Crippen molar-refractivity contribution in [2.24, 2.45) is 0 Å². The van der Waals surface area contributed by atoms with Crippen molar-refractivity contribution in [2.75, 3.05) is 5.73 Å². The Balaban J connectivity index is 2.72. The van der Waals surface area contributed by atoms with Gasteiger partial charge < -0.3 is 5.73 Å². The Kier molecular flexibility index (Phi) is 4.30. The van der Waals surface area contributed by atoms with Crippen molar-refractivity contribution in [3.05, 3.63) is 38.8 Å². The lowest BCUT2D eigenvalue weighted by molar-refractivity contribution is 0.629. The van der Waals surface area contributed by atoms with E-state index >= 15 is 0 Å². The first-order valence-corrected chi connectivity index (χ1v) is 7.28. The van der Waals surface area contributed by atoms with Crippen molar-refractivity contribution in [3.63, 3.8) is 0 Å². The molecule has 20 heavy (non-hydrogen) atoms. The zero-order valence-electron chi connectivity index (χ0n) is 11.3. The van der Waals surface area contributed by atoms with Crippen molar-refractivity contribution in [2.45, 2.75) is 26.7 Å². The molecule has 0 aliphatic carbocycles. The number of benzene rings is 1. The van der Waals surface area contributed by atoms with Crippen LogP contribution < -0.4 is 5.73 Å². The Morgan fingerprint density at radius 1 is 1.30 bits per heavy atom. The number of anilines is 1. The SMILES string of the molecule is Cc1c(N)nc(C(C)C)nc1-c1ccc(Br)c(Cl)c1F. The standard InChI is InChI=1S/C14H14BrClFN3/c1-6(2)14-19-12(7(3)13(18)20-14)8-4-5-9(15)10(16)11(8)17/h4-6H,1-3H3,(H2,18,19,20). The van der Waals surface area contributed by atoms with Crippen LogP contribution in [0, 0.1) is 12.7 Å². The number of nitrogens with zero attached hydrogens (tertiary/aromatic N) is 2. The molecule has 0 aliphatic rings. The molecule has 0 radical (unpaired) electrons. The smallest absolute Gasteiger partial charge is 0.152 e. The highest BCUT2D eigenvalue weighted by Crippen LogP contribution is 2.34. The average Bonchev–Trinajstić information content (AvgIpc) is 2.39. The van der Waals surface area contributed by atoms with Gasteiger partial charge in [0.2, 0.25) is 0 Å². The van der Waals surface area contributed by atoms with Gasteiger partial charge in [-0.2, -0.15) is 0 Å². The number of hydrogen-bond donors (Lipinski definition) is 1. The molecule has 3 nitrogen and oxygen atoms in total. The molecule has 0 fully saturated rings. The number of aromatic nitrogens is 2. The van der Waals surface area contributed by atoms with E-state index in [0.29, 0.717) is 32.9 Å². The molecule has 0 unspecified atom stereocenters. The zero-order valence-corrected chi connectivity index (χ0v) is 13.7. The number of nitrogen functional groups attached to an aromatic ring is 1. The van der Waals surface area contributed by atoms with Gasteiger partial charge in [0, 0.05) is 21.5 Å². The largest absolute Gasteiger partial charge is 0.383 e. The molecule has 0 saturated carbocycles. The molecule has 0 bridgehead atoms. The third-order valence-corrected chi connectivity index (χ3v) is 4.27. The summed E-state index contributed by atoms with van der Waals surface area (Å²) in [6.07, 6.45) is 0. The average molecular weight is 359 g/mol. The molecule has 1 aromatic carbocycles. The molecule has 0 aliphatic heterocycles.